The molecular weight excluding hydrogens is 567 g/mol. The molecule has 0 bridgehead atoms. The number of rotatable bonds is 7. The van der Waals surface area contributed by atoms with Crippen molar-refractivity contribution < 1.29 is 28.2 Å². The Morgan fingerprint density at radius 3 is 2.48 bits per heavy atom. The molecule has 2 aliphatic rings. The second kappa shape index (κ2) is 13.1. The number of nitrogens with one attached hydrogen (secondary N) is 1. The van der Waals surface area contributed by atoms with Crippen LogP contribution in [0.2, 0.25) is 0 Å². The lowest BCUT2D eigenvalue weighted by Crippen LogP contribution is -2.49. The van der Waals surface area contributed by atoms with Gasteiger partial charge in [-0.3, -0.25) is 4.79 Å². The molecule has 0 saturated carbocycles. The Balaban J connectivity index is 1.18. The molecule has 11 nitrogen and oxygen atoms in total. The summed E-state index contributed by atoms with van der Waals surface area (Å²) in [7, 11) is 0. The number of fused-ring (bicyclic) bond motifs is 1. The van der Waals surface area contributed by atoms with Gasteiger partial charge in [-0.25, -0.2) is 14.2 Å². The van der Waals surface area contributed by atoms with E-state index in [2.05, 4.69) is 15.3 Å². The molecule has 0 spiro atoms. The van der Waals surface area contributed by atoms with E-state index in [-0.39, 0.29) is 11.7 Å². The number of piperazine rings is 1. The third-order valence-electron chi connectivity index (χ3n) is 7.57. The summed E-state index contributed by atoms with van der Waals surface area (Å²) in [4.78, 5) is 40.0. The molecule has 2 amide bonds. The molecule has 2 saturated heterocycles. The molecule has 4 aromatic rings. The number of nitrogens with zero attached hydrogens (tertiary/aromatic N) is 5. The van der Waals surface area contributed by atoms with Crippen molar-refractivity contribution in [1.82, 2.24) is 14.9 Å². The van der Waals surface area contributed by atoms with Crippen LogP contribution in [0.4, 0.5) is 26.5 Å². The Bertz CT molecular complexity index is 1660. The molecule has 0 atom stereocenters. The molecule has 2 aliphatic heterocycles. The number of amides is 2. The van der Waals surface area contributed by atoms with Crippen LogP contribution in [0.25, 0.3) is 10.8 Å². The largest absolute Gasteiger partial charge is 0.450 e. The van der Waals surface area contributed by atoms with Crippen molar-refractivity contribution in [3.05, 3.63) is 78.2 Å². The molecule has 0 aliphatic carbocycles. The maximum absolute atomic E-state index is 14.5. The van der Waals surface area contributed by atoms with Crippen molar-refractivity contribution in [3.63, 3.8) is 0 Å². The molecule has 3 aromatic carbocycles. The number of carbonyl (C=O) groups is 2. The van der Waals surface area contributed by atoms with Crippen LogP contribution < -0.4 is 19.9 Å². The second-order valence-corrected chi connectivity index (χ2v) is 10.4. The Kier molecular flexibility index (Phi) is 8.69. The molecule has 228 valence electrons. The predicted molar refractivity (Wildman–Crippen MR) is 164 cm³/mol. The highest BCUT2D eigenvalue weighted by Crippen LogP contribution is 2.34. The first kappa shape index (κ1) is 29.1. The maximum atomic E-state index is 14.5. The van der Waals surface area contributed by atoms with Gasteiger partial charge in [0.1, 0.15) is 11.6 Å². The van der Waals surface area contributed by atoms with Gasteiger partial charge >= 0.3 is 6.09 Å². The number of anilines is 3. The van der Waals surface area contributed by atoms with E-state index in [1.165, 1.54) is 12.1 Å². The van der Waals surface area contributed by atoms with Gasteiger partial charge in [0.25, 0.3) is 5.91 Å². The van der Waals surface area contributed by atoms with Crippen LogP contribution in [-0.4, -0.2) is 86.0 Å². The molecule has 1 aromatic heterocycles. The first-order valence-corrected chi connectivity index (χ1v) is 14.6. The van der Waals surface area contributed by atoms with E-state index in [4.69, 9.17) is 14.2 Å². The number of benzene rings is 3. The zero-order valence-corrected chi connectivity index (χ0v) is 24.4. The fraction of sp³-hybridized carbons (Fsp3) is 0.312. The van der Waals surface area contributed by atoms with E-state index >= 15 is 0 Å². The number of carbonyl (C=O) groups excluding carboxylic acids is 2. The summed E-state index contributed by atoms with van der Waals surface area (Å²) >= 11 is 0. The van der Waals surface area contributed by atoms with Gasteiger partial charge in [0.15, 0.2) is 0 Å². The monoisotopic (exact) mass is 600 g/mol. The van der Waals surface area contributed by atoms with Crippen molar-refractivity contribution >= 4 is 40.1 Å². The molecule has 44 heavy (non-hydrogen) atoms. The topological polar surface area (TPSA) is 109 Å². The minimum absolute atomic E-state index is 0.229. The van der Waals surface area contributed by atoms with E-state index in [1.54, 1.807) is 42.3 Å². The molecule has 12 heteroatoms. The van der Waals surface area contributed by atoms with Crippen LogP contribution in [0.3, 0.4) is 0 Å². The first-order valence-electron chi connectivity index (χ1n) is 14.6. The van der Waals surface area contributed by atoms with Crippen LogP contribution in [-0.2, 0) is 9.47 Å². The molecule has 2 fully saturated rings. The van der Waals surface area contributed by atoms with Gasteiger partial charge in [-0.2, -0.15) is 4.98 Å². The van der Waals surface area contributed by atoms with E-state index in [0.717, 1.165) is 10.8 Å². The van der Waals surface area contributed by atoms with Gasteiger partial charge in [0, 0.05) is 79.2 Å². The molecule has 6 rings (SSSR count). The Labute approximate surface area is 254 Å². The average Bonchev–Trinajstić information content (AvgIpc) is 3.06. The number of halogens is 1. The number of aromatic nitrogens is 2. The maximum Gasteiger partial charge on any atom is 0.409 e. The lowest BCUT2D eigenvalue weighted by atomic mass is 10.1. The summed E-state index contributed by atoms with van der Waals surface area (Å²) in [5, 5.41) is 4.47. The molecule has 0 radical (unpaired) electrons. The van der Waals surface area contributed by atoms with E-state index in [9.17, 15) is 14.0 Å². The molecule has 1 N–H and O–H groups in total. The predicted octanol–water partition coefficient (Wildman–Crippen LogP) is 4.93. The smallest absolute Gasteiger partial charge is 0.409 e. The third-order valence-corrected chi connectivity index (χ3v) is 7.57. The van der Waals surface area contributed by atoms with Crippen LogP contribution >= 0.6 is 0 Å². The third kappa shape index (κ3) is 6.50. The van der Waals surface area contributed by atoms with Gasteiger partial charge in [-0.15, -0.1) is 0 Å². The van der Waals surface area contributed by atoms with E-state index in [0.29, 0.717) is 88.0 Å². The summed E-state index contributed by atoms with van der Waals surface area (Å²) in [5.41, 5.74) is 1.45. The van der Waals surface area contributed by atoms with Crippen molar-refractivity contribution in [2.75, 3.05) is 74.2 Å². The molecule has 0 unspecified atom stereocenters. The van der Waals surface area contributed by atoms with Crippen LogP contribution in [0.1, 0.15) is 17.3 Å². The van der Waals surface area contributed by atoms with Crippen molar-refractivity contribution in [3.8, 4) is 11.6 Å². The number of morpholine rings is 1. The van der Waals surface area contributed by atoms with Gasteiger partial charge in [-0.05, 0) is 37.3 Å². The van der Waals surface area contributed by atoms with Crippen molar-refractivity contribution in [1.29, 1.82) is 0 Å². The SMILES string of the molecule is CCOC(=O)N1CCN(c2nccc(Oc3ccc(NC(=O)c4cc(F)cc(N5CCOCC5)c4)c4ccccc34)n2)CC1. The van der Waals surface area contributed by atoms with Gasteiger partial charge in [0.05, 0.1) is 19.8 Å². The number of ether oxygens (including phenoxy) is 3. The zero-order chi connectivity index (χ0) is 30.5. The number of hydrogen-bond acceptors (Lipinski definition) is 9. The van der Waals surface area contributed by atoms with Crippen LogP contribution in [0, 0.1) is 5.82 Å². The van der Waals surface area contributed by atoms with Crippen LogP contribution in [0.5, 0.6) is 11.6 Å². The lowest BCUT2D eigenvalue weighted by molar-refractivity contribution is 0.102. The normalized spacial score (nSPS) is 15.3. The first-order chi connectivity index (χ1) is 21.5. The van der Waals surface area contributed by atoms with Gasteiger partial charge in [-0.1, -0.05) is 24.3 Å². The highest BCUT2D eigenvalue weighted by atomic mass is 19.1. The Morgan fingerprint density at radius 1 is 0.932 bits per heavy atom. The summed E-state index contributed by atoms with van der Waals surface area (Å²) in [6, 6.07) is 17.1. The van der Waals surface area contributed by atoms with Gasteiger partial charge < -0.3 is 34.2 Å². The summed E-state index contributed by atoms with van der Waals surface area (Å²) < 4.78 is 31.2. The van der Waals surface area contributed by atoms with Crippen molar-refractivity contribution in [2.45, 2.75) is 6.92 Å². The summed E-state index contributed by atoms with van der Waals surface area (Å²) in [5.74, 6) is 0.529. The average molecular weight is 601 g/mol. The van der Waals surface area contributed by atoms with E-state index < -0.39 is 11.7 Å². The minimum atomic E-state index is -0.474. The van der Waals surface area contributed by atoms with E-state index in [1.807, 2.05) is 34.1 Å². The number of hydrogen-bond donors (Lipinski definition) is 1. The fourth-order valence-electron chi connectivity index (χ4n) is 5.33. The zero-order valence-electron chi connectivity index (χ0n) is 24.4. The minimum Gasteiger partial charge on any atom is -0.450 e. The highest BCUT2D eigenvalue weighted by Gasteiger charge is 2.24. The molecular formula is C32H33FN6O5. The fourth-order valence-corrected chi connectivity index (χ4v) is 5.33. The molecule has 3 heterocycles. The highest BCUT2D eigenvalue weighted by molar-refractivity contribution is 6.10. The lowest BCUT2D eigenvalue weighted by Gasteiger charge is -2.34. The quantitative estimate of drug-likeness (QED) is 0.316. The summed E-state index contributed by atoms with van der Waals surface area (Å²) in [6.07, 6.45) is 1.32. The van der Waals surface area contributed by atoms with Crippen LogP contribution in [0.15, 0.2) is 66.9 Å². The standard InChI is InChI=1S/C32H33FN6O5/c1-2-43-32(41)39-13-11-38(12-14-39)31-34-10-9-29(36-31)44-28-8-7-27(25-5-3-4-6-26(25)28)35-30(40)22-19-23(33)21-24(20-22)37-15-17-42-18-16-37/h3-10,19-21H,2,11-18H2,1H3,(H,35,40). The van der Waals surface area contributed by atoms with Gasteiger partial charge in [0.2, 0.25) is 11.8 Å². The second-order valence-electron chi connectivity index (χ2n) is 10.4. The Morgan fingerprint density at radius 2 is 1.70 bits per heavy atom. The summed E-state index contributed by atoms with van der Waals surface area (Å²) in [6.45, 7) is 6.67. The van der Waals surface area contributed by atoms with Crippen molar-refractivity contribution in [2.24, 2.45) is 0 Å². The Hall–Kier alpha value is -4.97.